The lowest BCUT2D eigenvalue weighted by Gasteiger charge is -2.15. The number of methoxy groups -OCH3 is 3. The molecule has 2 aromatic carbocycles. The number of carbonyl (C=O) groups excluding carboxylic acids is 2. The summed E-state index contributed by atoms with van der Waals surface area (Å²) in [6.45, 7) is -0.716. The summed E-state index contributed by atoms with van der Waals surface area (Å²) < 4.78 is 47.0. The molecule has 0 spiro atoms. The van der Waals surface area contributed by atoms with Crippen LogP contribution in [0.25, 0.3) is 0 Å². The number of carbonyl (C=O) groups is 2. The Morgan fingerprint density at radius 1 is 0.963 bits per heavy atom. The SMILES string of the molecule is COc1ccc(C(=O)OCC(=O)Nc2cc(F)ccc2F)c(OC)c1OC. The van der Waals surface area contributed by atoms with Gasteiger partial charge in [0.05, 0.1) is 27.0 Å². The minimum Gasteiger partial charge on any atom is -0.493 e. The van der Waals surface area contributed by atoms with E-state index in [9.17, 15) is 18.4 Å². The number of hydrogen-bond donors (Lipinski definition) is 1. The highest BCUT2D eigenvalue weighted by atomic mass is 19.1. The fourth-order valence-electron chi connectivity index (χ4n) is 2.25. The van der Waals surface area contributed by atoms with E-state index in [4.69, 9.17) is 18.9 Å². The van der Waals surface area contributed by atoms with Crippen molar-refractivity contribution >= 4 is 17.6 Å². The lowest BCUT2D eigenvalue weighted by atomic mass is 10.1. The molecule has 0 aliphatic rings. The lowest BCUT2D eigenvalue weighted by Crippen LogP contribution is -2.22. The standard InChI is InChI=1S/C18H17F2NO6/c1-24-14-7-5-11(16(25-2)17(14)26-3)18(23)27-9-15(22)21-13-8-10(19)4-6-12(13)20/h4-8H,9H2,1-3H3,(H,21,22). The predicted octanol–water partition coefficient (Wildman–Crippen LogP) is 2.79. The number of esters is 1. The van der Waals surface area contributed by atoms with E-state index in [1.54, 1.807) is 0 Å². The normalized spacial score (nSPS) is 10.1. The lowest BCUT2D eigenvalue weighted by molar-refractivity contribution is -0.119. The van der Waals surface area contributed by atoms with Crippen LogP contribution in [-0.2, 0) is 9.53 Å². The second-order valence-electron chi connectivity index (χ2n) is 5.13. The van der Waals surface area contributed by atoms with Gasteiger partial charge < -0.3 is 24.3 Å². The second-order valence-corrected chi connectivity index (χ2v) is 5.13. The largest absolute Gasteiger partial charge is 0.493 e. The summed E-state index contributed by atoms with van der Waals surface area (Å²) in [5, 5.41) is 2.12. The number of nitrogens with one attached hydrogen (secondary N) is 1. The third-order valence-corrected chi connectivity index (χ3v) is 3.46. The van der Waals surface area contributed by atoms with Crippen LogP contribution in [0.3, 0.4) is 0 Å². The third-order valence-electron chi connectivity index (χ3n) is 3.46. The van der Waals surface area contributed by atoms with Crippen LogP contribution < -0.4 is 19.5 Å². The average molecular weight is 381 g/mol. The summed E-state index contributed by atoms with van der Waals surface area (Å²) in [6.07, 6.45) is 0. The van der Waals surface area contributed by atoms with Crippen LogP contribution in [0, 0.1) is 11.6 Å². The van der Waals surface area contributed by atoms with Crippen LogP contribution in [-0.4, -0.2) is 39.8 Å². The molecule has 0 fully saturated rings. The van der Waals surface area contributed by atoms with E-state index in [1.807, 2.05) is 0 Å². The molecule has 0 aromatic heterocycles. The predicted molar refractivity (Wildman–Crippen MR) is 91.4 cm³/mol. The molecule has 1 N–H and O–H groups in total. The van der Waals surface area contributed by atoms with Crippen LogP contribution >= 0.6 is 0 Å². The Hall–Kier alpha value is -3.36. The number of halogens is 2. The molecule has 7 nitrogen and oxygen atoms in total. The first-order chi connectivity index (χ1) is 12.9. The molecule has 1 amide bonds. The van der Waals surface area contributed by atoms with Crippen molar-refractivity contribution in [1.29, 1.82) is 0 Å². The highest BCUT2D eigenvalue weighted by Crippen LogP contribution is 2.39. The summed E-state index contributed by atoms with van der Waals surface area (Å²) in [6, 6.07) is 5.44. The zero-order chi connectivity index (χ0) is 20.0. The smallest absolute Gasteiger partial charge is 0.342 e. The first-order valence-electron chi connectivity index (χ1n) is 7.62. The maximum Gasteiger partial charge on any atom is 0.342 e. The molecule has 27 heavy (non-hydrogen) atoms. The Labute approximate surface area is 153 Å². The topological polar surface area (TPSA) is 83.1 Å². The van der Waals surface area contributed by atoms with Crippen LogP contribution in [0.15, 0.2) is 30.3 Å². The summed E-state index contributed by atoms with van der Waals surface area (Å²) in [7, 11) is 4.12. The van der Waals surface area contributed by atoms with Gasteiger partial charge in [-0.05, 0) is 24.3 Å². The van der Waals surface area contributed by atoms with Gasteiger partial charge in [0.15, 0.2) is 18.1 Å². The van der Waals surface area contributed by atoms with Crippen LogP contribution in [0.4, 0.5) is 14.5 Å². The van der Waals surface area contributed by atoms with Gasteiger partial charge in [0.2, 0.25) is 5.75 Å². The molecule has 0 radical (unpaired) electrons. The number of rotatable bonds is 7. The van der Waals surface area contributed by atoms with E-state index in [0.717, 1.165) is 18.2 Å². The van der Waals surface area contributed by atoms with E-state index >= 15 is 0 Å². The van der Waals surface area contributed by atoms with E-state index in [0.29, 0.717) is 5.75 Å². The molecule has 2 rings (SSSR count). The fourth-order valence-corrected chi connectivity index (χ4v) is 2.25. The molecular formula is C18H17F2NO6. The maximum atomic E-state index is 13.5. The van der Waals surface area contributed by atoms with Crippen molar-refractivity contribution in [2.45, 2.75) is 0 Å². The molecule has 0 saturated carbocycles. The van der Waals surface area contributed by atoms with Gasteiger partial charge in [0, 0.05) is 6.07 Å². The minimum absolute atomic E-state index is 0.000105. The molecular weight excluding hydrogens is 364 g/mol. The molecule has 0 bridgehead atoms. The molecule has 0 aliphatic heterocycles. The zero-order valence-corrected chi connectivity index (χ0v) is 14.8. The summed E-state index contributed by atoms with van der Waals surface area (Å²) in [5.41, 5.74) is -0.361. The van der Waals surface area contributed by atoms with Gasteiger partial charge in [-0.15, -0.1) is 0 Å². The van der Waals surface area contributed by atoms with Gasteiger partial charge in [-0.2, -0.15) is 0 Å². The first-order valence-corrected chi connectivity index (χ1v) is 7.62. The Morgan fingerprint density at radius 3 is 2.30 bits per heavy atom. The molecule has 0 aliphatic carbocycles. The summed E-state index contributed by atoms with van der Waals surface area (Å²) in [5.74, 6) is -2.67. The molecule has 9 heteroatoms. The third kappa shape index (κ3) is 4.63. The minimum atomic E-state index is -0.873. The monoisotopic (exact) mass is 381 g/mol. The molecule has 2 aromatic rings. The van der Waals surface area contributed by atoms with E-state index in [2.05, 4.69) is 5.32 Å². The fraction of sp³-hybridized carbons (Fsp3) is 0.222. The number of anilines is 1. The Balaban J connectivity index is 2.09. The van der Waals surface area contributed by atoms with Crippen molar-refractivity contribution in [3.63, 3.8) is 0 Å². The van der Waals surface area contributed by atoms with E-state index in [1.165, 1.54) is 33.5 Å². The Morgan fingerprint density at radius 2 is 1.67 bits per heavy atom. The van der Waals surface area contributed by atoms with Crippen molar-refractivity contribution in [2.24, 2.45) is 0 Å². The van der Waals surface area contributed by atoms with Gasteiger partial charge in [-0.3, -0.25) is 4.79 Å². The number of hydrogen-bond acceptors (Lipinski definition) is 6. The van der Waals surface area contributed by atoms with E-state index in [-0.39, 0.29) is 22.7 Å². The van der Waals surface area contributed by atoms with Gasteiger partial charge in [0.25, 0.3) is 5.91 Å². The van der Waals surface area contributed by atoms with Crippen molar-refractivity contribution in [3.8, 4) is 17.2 Å². The van der Waals surface area contributed by atoms with Gasteiger partial charge in [0.1, 0.15) is 17.2 Å². The van der Waals surface area contributed by atoms with Crippen molar-refractivity contribution < 1.29 is 37.3 Å². The van der Waals surface area contributed by atoms with Crippen molar-refractivity contribution in [1.82, 2.24) is 0 Å². The molecule has 144 valence electrons. The zero-order valence-electron chi connectivity index (χ0n) is 14.8. The Bertz CT molecular complexity index is 856. The van der Waals surface area contributed by atoms with Crippen molar-refractivity contribution in [2.75, 3.05) is 33.3 Å². The Kier molecular flexibility index (Phi) is 6.53. The van der Waals surface area contributed by atoms with Gasteiger partial charge >= 0.3 is 5.97 Å². The molecule has 0 heterocycles. The maximum absolute atomic E-state index is 13.5. The van der Waals surface area contributed by atoms with Gasteiger partial charge in [-0.25, -0.2) is 13.6 Å². The van der Waals surface area contributed by atoms with Gasteiger partial charge in [-0.1, -0.05) is 0 Å². The number of benzene rings is 2. The summed E-state index contributed by atoms with van der Waals surface area (Å²) in [4.78, 5) is 24.1. The average Bonchev–Trinajstić information content (AvgIpc) is 2.67. The number of amides is 1. The highest BCUT2D eigenvalue weighted by molar-refractivity contribution is 5.97. The van der Waals surface area contributed by atoms with Crippen LogP contribution in [0.2, 0.25) is 0 Å². The summed E-state index contributed by atoms with van der Waals surface area (Å²) >= 11 is 0. The van der Waals surface area contributed by atoms with E-state index < -0.39 is 30.1 Å². The molecule has 0 unspecified atom stereocenters. The quantitative estimate of drug-likeness (QED) is 0.743. The van der Waals surface area contributed by atoms with Crippen LogP contribution in [0.1, 0.15) is 10.4 Å². The van der Waals surface area contributed by atoms with Crippen molar-refractivity contribution in [3.05, 3.63) is 47.5 Å². The second kappa shape index (κ2) is 8.84. The van der Waals surface area contributed by atoms with Crippen LogP contribution in [0.5, 0.6) is 17.2 Å². The molecule has 0 atom stereocenters. The molecule has 0 saturated heterocycles. The first kappa shape index (κ1) is 20.0. The number of ether oxygens (including phenoxy) is 4. The highest BCUT2D eigenvalue weighted by Gasteiger charge is 2.22.